The molecule has 0 spiro atoms. The van der Waals surface area contributed by atoms with Crippen LogP contribution in [0, 0.1) is 5.82 Å². The van der Waals surface area contributed by atoms with Gasteiger partial charge in [0, 0.05) is 5.56 Å². The molecule has 3 nitrogen and oxygen atoms in total. The average molecular weight is 306 g/mol. The van der Waals surface area contributed by atoms with Crippen molar-refractivity contribution in [1.82, 2.24) is 5.43 Å². The molecule has 0 aliphatic rings. The Morgan fingerprint density at radius 2 is 1.65 bits per heavy atom. The number of benzene rings is 3. The number of halogens is 1. The molecule has 0 saturated carbocycles. The van der Waals surface area contributed by atoms with E-state index in [0.717, 1.165) is 16.3 Å². The van der Waals surface area contributed by atoms with Crippen LogP contribution in [0.5, 0.6) is 0 Å². The van der Waals surface area contributed by atoms with Crippen LogP contribution in [0.1, 0.15) is 22.8 Å². The van der Waals surface area contributed by atoms with Crippen molar-refractivity contribution in [3.8, 4) is 0 Å². The minimum absolute atomic E-state index is 0.275. The zero-order valence-electron chi connectivity index (χ0n) is 12.6. The van der Waals surface area contributed by atoms with E-state index in [4.69, 9.17) is 0 Å². The van der Waals surface area contributed by atoms with Crippen molar-refractivity contribution < 1.29 is 9.18 Å². The van der Waals surface area contributed by atoms with Crippen LogP contribution in [0.2, 0.25) is 0 Å². The maximum Gasteiger partial charge on any atom is 0.272 e. The average Bonchev–Trinajstić information content (AvgIpc) is 2.59. The van der Waals surface area contributed by atoms with Crippen LogP contribution < -0.4 is 5.43 Å². The summed E-state index contributed by atoms with van der Waals surface area (Å²) in [6.07, 6.45) is 0. The molecule has 0 heterocycles. The molecule has 23 heavy (non-hydrogen) atoms. The van der Waals surface area contributed by atoms with Gasteiger partial charge in [-0.2, -0.15) is 5.10 Å². The van der Waals surface area contributed by atoms with Crippen molar-refractivity contribution in [1.29, 1.82) is 0 Å². The van der Waals surface area contributed by atoms with Gasteiger partial charge in [0.05, 0.1) is 5.71 Å². The molecule has 0 aliphatic heterocycles. The highest BCUT2D eigenvalue weighted by Crippen LogP contribution is 2.18. The first-order chi connectivity index (χ1) is 11.1. The third-order valence-corrected chi connectivity index (χ3v) is 3.62. The molecule has 0 fully saturated rings. The zero-order chi connectivity index (χ0) is 16.2. The van der Waals surface area contributed by atoms with E-state index >= 15 is 0 Å². The molecule has 0 radical (unpaired) electrons. The molecule has 1 amide bonds. The van der Waals surface area contributed by atoms with Gasteiger partial charge >= 0.3 is 0 Å². The molecule has 0 atom stereocenters. The van der Waals surface area contributed by atoms with E-state index in [1.54, 1.807) is 25.1 Å². The molecule has 0 saturated heterocycles. The lowest BCUT2D eigenvalue weighted by molar-refractivity contribution is 0.0956. The number of nitrogens with zero attached hydrogens (tertiary/aromatic N) is 1. The van der Waals surface area contributed by atoms with Crippen LogP contribution in [0.15, 0.2) is 71.8 Å². The molecule has 114 valence electrons. The molecule has 0 aromatic heterocycles. The third kappa shape index (κ3) is 3.26. The Labute approximate surface area is 133 Å². The van der Waals surface area contributed by atoms with Crippen LogP contribution in [-0.4, -0.2) is 11.6 Å². The Morgan fingerprint density at radius 1 is 0.957 bits per heavy atom. The van der Waals surface area contributed by atoms with Crippen molar-refractivity contribution in [2.75, 3.05) is 0 Å². The number of fused-ring (bicyclic) bond motifs is 1. The predicted molar refractivity (Wildman–Crippen MR) is 90.0 cm³/mol. The van der Waals surface area contributed by atoms with Crippen LogP contribution in [-0.2, 0) is 0 Å². The van der Waals surface area contributed by atoms with Gasteiger partial charge in [0.2, 0.25) is 0 Å². The smallest absolute Gasteiger partial charge is 0.267 e. The number of rotatable bonds is 3. The normalized spacial score (nSPS) is 11.5. The van der Waals surface area contributed by atoms with Crippen LogP contribution in [0.25, 0.3) is 10.8 Å². The fourth-order valence-corrected chi connectivity index (χ4v) is 2.37. The largest absolute Gasteiger partial charge is 0.272 e. The Hall–Kier alpha value is -3.01. The van der Waals surface area contributed by atoms with E-state index in [-0.39, 0.29) is 11.7 Å². The SMILES string of the molecule is C/C(=N\NC(=O)c1cccc2ccccc12)c1ccc(F)cc1. The summed E-state index contributed by atoms with van der Waals surface area (Å²) < 4.78 is 12.9. The molecular weight excluding hydrogens is 291 g/mol. The molecule has 3 aromatic rings. The number of carbonyl (C=O) groups excluding carboxylic acids is 1. The van der Waals surface area contributed by atoms with Crippen LogP contribution >= 0.6 is 0 Å². The van der Waals surface area contributed by atoms with Gasteiger partial charge in [-0.25, -0.2) is 9.82 Å². The number of hydrazone groups is 1. The van der Waals surface area contributed by atoms with E-state index in [1.165, 1.54) is 12.1 Å². The number of amides is 1. The van der Waals surface area contributed by atoms with Crippen molar-refractivity contribution in [2.45, 2.75) is 6.92 Å². The monoisotopic (exact) mass is 306 g/mol. The number of carbonyl (C=O) groups is 1. The highest BCUT2D eigenvalue weighted by atomic mass is 19.1. The van der Waals surface area contributed by atoms with Crippen molar-refractivity contribution in [2.24, 2.45) is 5.10 Å². The highest BCUT2D eigenvalue weighted by Gasteiger charge is 2.09. The van der Waals surface area contributed by atoms with E-state index in [1.807, 2.05) is 36.4 Å². The summed E-state index contributed by atoms with van der Waals surface area (Å²) in [7, 11) is 0. The molecule has 0 unspecified atom stereocenters. The number of hydrogen-bond acceptors (Lipinski definition) is 2. The van der Waals surface area contributed by atoms with E-state index in [0.29, 0.717) is 11.3 Å². The van der Waals surface area contributed by atoms with Crippen LogP contribution in [0.3, 0.4) is 0 Å². The summed E-state index contributed by atoms with van der Waals surface area (Å²) in [5.74, 6) is -0.579. The maximum absolute atomic E-state index is 12.9. The van der Waals surface area contributed by atoms with Gasteiger partial charge in [-0.1, -0.05) is 48.5 Å². The molecule has 4 heteroatoms. The van der Waals surface area contributed by atoms with Crippen molar-refractivity contribution in [3.05, 3.63) is 83.7 Å². The van der Waals surface area contributed by atoms with E-state index in [9.17, 15) is 9.18 Å². The maximum atomic E-state index is 12.9. The molecule has 0 bridgehead atoms. The lowest BCUT2D eigenvalue weighted by Crippen LogP contribution is -2.19. The topological polar surface area (TPSA) is 41.5 Å². The van der Waals surface area contributed by atoms with Gasteiger partial charge in [-0.3, -0.25) is 4.79 Å². The van der Waals surface area contributed by atoms with E-state index in [2.05, 4.69) is 10.5 Å². The minimum atomic E-state index is -0.304. The Bertz CT molecular complexity index is 880. The van der Waals surface area contributed by atoms with Gasteiger partial charge in [-0.15, -0.1) is 0 Å². The van der Waals surface area contributed by atoms with Gasteiger partial charge < -0.3 is 0 Å². The van der Waals surface area contributed by atoms with Crippen LogP contribution in [0.4, 0.5) is 4.39 Å². The quantitative estimate of drug-likeness (QED) is 0.573. The summed E-state index contributed by atoms with van der Waals surface area (Å²) in [5.41, 5.74) is 4.49. The predicted octanol–water partition coefficient (Wildman–Crippen LogP) is 4.13. The number of nitrogens with one attached hydrogen (secondary N) is 1. The van der Waals surface area contributed by atoms with Crippen molar-refractivity contribution in [3.63, 3.8) is 0 Å². The molecule has 1 N–H and O–H groups in total. The Balaban J connectivity index is 1.83. The summed E-state index contributed by atoms with van der Waals surface area (Å²) in [6.45, 7) is 1.76. The molecule has 3 rings (SSSR count). The number of hydrogen-bond donors (Lipinski definition) is 1. The third-order valence-electron chi connectivity index (χ3n) is 3.62. The zero-order valence-corrected chi connectivity index (χ0v) is 12.6. The second kappa shape index (κ2) is 6.40. The highest BCUT2D eigenvalue weighted by molar-refractivity contribution is 6.07. The van der Waals surface area contributed by atoms with Gasteiger partial charge in [0.25, 0.3) is 5.91 Å². The van der Waals surface area contributed by atoms with Gasteiger partial charge in [0.15, 0.2) is 0 Å². The van der Waals surface area contributed by atoms with Crippen molar-refractivity contribution >= 4 is 22.4 Å². The summed E-state index contributed by atoms with van der Waals surface area (Å²) in [4.78, 5) is 12.4. The standard InChI is InChI=1S/C19H15FN2O/c1-13(14-9-11-16(20)12-10-14)21-22-19(23)18-8-4-6-15-5-2-3-7-17(15)18/h2-12H,1H3,(H,22,23)/b21-13+. The Kier molecular flexibility index (Phi) is 4.15. The van der Waals surface area contributed by atoms with Gasteiger partial charge in [-0.05, 0) is 41.5 Å². The molecule has 0 aliphatic carbocycles. The fourth-order valence-electron chi connectivity index (χ4n) is 2.37. The first-order valence-corrected chi connectivity index (χ1v) is 7.23. The minimum Gasteiger partial charge on any atom is -0.267 e. The summed E-state index contributed by atoms with van der Waals surface area (Å²) in [6, 6.07) is 19.2. The molecule has 3 aromatic carbocycles. The second-order valence-corrected chi connectivity index (χ2v) is 5.17. The van der Waals surface area contributed by atoms with Gasteiger partial charge in [0.1, 0.15) is 5.82 Å². The fraction of sp³-hybridized carbons (Fsp3) is 0.0526. The lowest BCUT2D eigenvalue weighted by Gasteiger charge is -2.06. The first-order valence-electron chi connectivity index (χ1n) is 7.23. The summed E-state index contributed by atoms with van der Waals surface area (Å²) in [5, 5.41) is 5.98. The first kappa shape index (κ1) is 14.9. The Morgan fingerprint density at radius 3 is 2.43 bits per heavy atom. The second-order valence-electron chi connectivity index (χ2n) is 5.17. The summed E-state index contributed by atoms with van der Waals surface area (Å²) >= 11 is 0. The van der Waals surface area contributed by atoms with E-state index < -0.39 is 0 Å². The lowest BCUT2D eigenvalue weighted by atomic mass is 10.0. The molecular formula is C19H15FN2O.